The van der Waals surface area contributed by atoms with Gasteiger partial charge in [-0.15, -0.1) is 11.3 Å². The second-order valence-electron chi connectivity index (χ2n) is 4.66. The van der Waals surface area contributed by atoms with Crippen molar-refractivity contribution in [2.24, 2.45) is 0 Å². The molecule has 4 nitrogen and oxygen atoms in total. The van der Waals surface area contributed by atoms with Crippen molar-refractivity contribution in [1.82, 2.24) is 15.3 Å². The highest BCUT2D eigenvalue weighted by Gasteiger charge is 2.07. The molecule has 5 heteroatoms. The van der Waals surface area contributed by atoms with E-state index in [0.717, 1.165) is 5.52 Å². The van der Waals surface area contributed by atoms with Crippen molar-refractivity contribution in [1.29, 1.82) is 0 Å². The molecule has 0 amide bonds. The summed E-state index contributed by atoms with van der Waals surface area (Å²) >= 11 is 1.42. The van der Waals surface area contributed by atoms with Crippen LogP contribution in [0.15, 0.2) is 46.6 Å². The number of benzene rings is 1. The lowest BCUT2D eigenvalue weighted by Crippen LogP contribution is -2.21. The Balaban J connectivity index is 1.75. The summed E-state index contributed by atoms with van der Waals surface area (Å²) in [5.74, 6) is 0.670. The molecule has 0 fully saturated rings. The molecule has 0 radical (unpaired) electrons. The first-order valence-electron chi connectivity index (χ1n) is 6.49. The summed E-state index contributed by atoms with van der Waals surface area (Å²) in [7, 11) is 0. The van der Waals surface area contributed by atoms with Crippen molar-refractivity contribution < 1.29 is 0 Å². The van der Waals surface area contributed by atoms with Gasteiger partial charge in [-0.3, -0.25) is 4.79 Å². The molecular formula is C15H15N3OS. The van der Waals surface area contributed by atoms with Gasteiger partial charge in [-0.2, -0.15) is 0 Å². The molecular weight excluding hydrogens is 270 g/mol. The van der Waals surface area contributed by atoms with Gasteiger partial charge in [0.2, 0.25) is 0 Å². The van der Waals surface area contributed by atoms with E-state index in [0.29, 0.717) is 17.1 Å². The Morgan fingerprint density at radius 3 is 2.90 bits per heavy atom. The number of aromatic amines is 1. The van der Waals surface area contributed by atoms with Crippen LogP contribution in [0, 0.1) is 0 Å². The van der Waals surface area contributed by atoms with Gasteiger partial charge < -0.3 is 10.3 Å². The Kier molecular flexibility index (Phi) is 3.62. The van der Waals surface area contributed by atoms with Crippen LogP contribution >= 0.6 is 11.3 Å². The molecule has 2 N–H and O–H groups in total. The lowest BCUT2D eigenvalue weighted by molar-refractivity contribution is 0.559. The van der Waals surface area contributed by atoms with Crippen LogP contribution < -0.4 is 10.9 Å². The third-order valence-electron chi connectivity index (χ3n) is 3.24. The third kappa shape index (κ3) is 2.64. The highest BCUT2D eigenvalue weighted by atomic mass is 32.1. The predicted molar refractivity (Wildman–Crippen MR) is 81.9 cm³/mol. The average Bonchev–Trinajstić information content (AvgIpc) is 2.94. The molecule has 20 heavy (non-hydrogen) atoms. The standard InChI is InChI=1S/C15H15N3OS/c1-10(11-5-3-2-4-6-11)16-9-13-17-12-7-8-20-14(12)15(19)18-13/h2-8,10,16H,9H2,1H3,(H,17,18,19). The van der Waals surface area contributed by atoms with Crippen molar-refractivity contribution in [2.75, 3.05) is 0 Å². The zero-order chi connectivity index (χ0) is 13.9. The molecule has 0 spiro atoms. The zero-order valence-electron chi connectivity index (χ0n) is 11.1. The first-order chi connectivity index (χ1) is 9.74. The molecule has 0 aliphatic heterocycles. The van der Waals surface area contributed by atoms with E-state index in [2.05, 4.69) is 34.3 Å². The summed E-state index contributed by atoms with van der Waals surface area (Å²) in [4.78, 5) is 19.1. The Morgan fingerprint density at radius 1 is 1.30 bits per heavy atom. The smallest absolute Gasteiger partial charge is 0.268 e. The van der Waals surface area contributed by atoms with Gasteiger partial charge in [-0.25, -0.2) is 4.98 Å². The van der Waals surface area contributed by atoms with Crippen LogP contribution in [0.3, 0.4) is 0 Å². The summed E-state index contributed by atoms with van der Waals surface area (Å²) in [6, 6.07) is 12.3. The van der Waals surface area contributed by atoms with Crippen LogP contribution in [0.5, 0.6) is 0 Å². The van der Waals surface area contributed by atoms with Crippen molar-refractivity contribution in [3.63, 3.8) is 0 Å². The number of hydrogen-bond donors (Lipinski definition) is 2. The van der Waals surface area contributed by atoms with Crippen LogP contribution in [0.25, 0.3) is 10.2 Å². The molecule has 3 aromatic rings. The lowest BCUT2D eigenvalue weighted by Gasteiger charge is -2.13. The maximum Gasteiger partial charge on any atom is 0.268 e. The van der Waals surface area contributed by atoms with Crippen molar-refractivity contribution in [2.45, 2.75) is 19.5 Å². The fourth-order valence-electron chi connectivity index (χ4n) is 2.11. The van der Waals surface area contributed by atoms with Crippen LogP contribution in [0.4, 0.5) is 0 Å². The van der Waals surface area contributed by atoms with Gasteiger partial charge >= 0.3 is 0 Å². The molecule has 0 saturated carbocycles. The molecule has 0 bridgehead atoms. The van der Waals surface area contributed by atoms with Gasteiger partial charge in [0.15, 0.2) is 0 Å². The molecule has 2 heterocycles. The molecule has 102 valence electrons. The molecule has 1 atom stereocenters. The summed E-state index contributed by atoms with van der Waals surface area (Å²) in [5.41, 5.74) is 1.92. The topological polar surface area (TPSA) is 57.8 Å². The number of rotatable bonds is 4. The van der Waals surface area contributed by atoms with Crippen molar-refractivity contribution in [3.8, 4) is 0 Å². The second kappa shape index (κ2) is 5.56. The monoisotopic (exact) mass is 285 g/mol. The minimum atomic E-state index is -0.0610. The van der Waals surface area contributed by atoms with E-state index in [9.17, 15) is 4.79 Å². The van der Waals surface area contributed by atoms with Gasteiger partial charge in [0.1, 0.15) is 10.5 Å². The molecule has 0 saturated heterocycles. The molecule has 0 aliphatic rings. The zero-order valence-corrected chi connectivity index (χ0v) is 11.9. The number of hydrogen-bond acceptors (Lipinski definition) is 4. The highest BCUT2D eigenvalue weighted by Crippen LogP contribution is 2.14. The maximum absolute atomic E-state index is 11.9. The largest absolute Gasteiger partial charge is 0.308 e. The predicted octanol–water partition coefficient (Wildman–Crippen LogP) is 2.84. The summed E-state index contributed by atoms with van der Waals surface area (Å²) in [6.45, 7) is 2.63. The van der Waals surface area contributed by atoms with Crippen LogP contribution in [0.2, 0.25) is 0 Å². The quantitative estimate of drug-likeness (QED) is 0.775. The minimum Gasteiger partial charge on any atom is -0.308 e. The fraction of sp³-hybridized carbons (Fsp3) is 0.200. The number of nitrogens with one attached hydrogen (secondary N) is 2. The lowest BCUT2D eigenvalue weighted by atomic mass is 10.1. The first kappa shape index (κ1) is 13.0. The number of H-pyrrole nitrogens is 1. The third-order valence-corrected chi connectivity index (χ3v) is 4.14. The van der Waals surface area contributed by atoms with Gasteiger partial charge in [-0.1, -0.05) is 30.3 Å². The van der Waals surface area contributed by atoms with Crippen molar-refractivity contribution in [3.05, 3.63) is 63.5 Å². The van der Waals surface area contributed by atoms with Crippen molar-refractivity contribution >= 4 is 21.6 Å². The van der Waals surface area contributed by atoms with Crippen LogP contribution in [0.1, 0.15) is 24.4 Å². The highest BCUT2D eigenvalue weighted by molar-refractivity contribution is 7.17. The van der Waals surface area contributed by atoms with E-state index in [-0.39, 0.29) is 11.6 Å². The van der Waals surface area contributed by atoms with Gasteiger partial charge in [0, 0.05) is 6.04 Å². The average molecular weight is 285 g/mol. The number of aromatic nitrogens is 2. The summed E-state index contributed by atoms with van der Waals surface area (Å²) < 4.78 is 0.685. The Bertz CT molecular complexity index is 763. The molecule has 1 unspecified atom stereocenters. The minimum absolute atomic E-state index is 0.0610. The number of thiophene rings is 1. The van der Waals surface area contributed by atoms with E-state index in [4.69, 9.17) is 0 Å². The van der Waals surface area contributed by atoms with Crippen LogP contribution in [-0.4, -0.2) is 9.97 Å². The number of fused-ring (bicyclic) bond motifs is 1. The van der Waals surface area contributed by atoms with E-state index in [1.54, 1.807) is 0 Å². The van der Waals surface area contributed by atoms with Crippen LogP contribution in [-0.2, 0) is 6.54 Å². The second-order valence-corrected chi connectivity index (χ2v) is 5.58. The molecule has 2 aromatic heterocycles. The van der Waals surface area contributed by atoms with E-state index >= 15 is 0 Å². The van der Waals surface area contributed by atoms with Gasteiger partial charge in [0.05, 0.1) is 12.1 Å². The normalized spacial score (nSPS) is 12.7. The molecule has 3 rings (SSSR count). The van der Waals surface area contributed by atoms with E-state index < -0.39 is 0 Å². The maximum atomic E-state index is 11.9. The Morgan fingerprint density at radius 2 is 2.10 bits per heavy atom. The first-order valence-corrected chi connectivity index (χ1v) is 7.37. The summed E-state index contributed by atoms with van der Waals surface area (Å²) in [6.07, 6.45) is 0. The Hall–Kier alpha value is -1.98. The van der Waals surface area contributed by atoms with Gasteiger partial charge in [-0.05, 0) is 23.9 Å². The molecule has 0 aliphatic carbocycles. The van der Waals surface area contributed by atoms with E-state index in [1.165, 1.54) is 16.9 Å². The summed E-state index contributed by atoms with van der Waals surface area (Å²) in [5, 5.41) is 5.26. The SMILES string of the molecule is CC(NCc1nc2ccsc2c(=O)[nH]1)c1ccccc1. The Labute approximate surface area is 120 Å². The number of nitrogens with zero attached hydrogens (tertiary/aromatic N) is 1. The van der Waals surface area contributed by atoms with Gasteiger partial charge in [0.25, 0.3) is 5.56 Å². The fourth-order valence-corrected chi connectivity index (χ4v) is 2.84. The van der Waals surface area contributed by atoms with E-state index in [1.807, 2.05) is 29.6 Å². The molecule has 1 aromatic carbocycles.